The smallest absolute Gasteiger partial charge is 0.126 e. The second-order valence-electron chi connectivity index (χ2n) is 5.07. The fourth-order valence-electron chi connectivity index (χ4n) is 2.17. The summed E-state index contributed by atoms with van der Waals surface area (Å²) in [6.45, 7) is 6.84. The third kappa shape index (κ3) is 3.72. The summed E-state index contributed by atoms with van der Waals surface area (Å²) in [5.41, 5.74) is 2.47. The summed E-state index contributed by atoms with van der Waals surface area (Å²) in [6.07, 6.45) is 4.68. The molecule has 0 spiro atoms. The third-order valence-electron chi connectivity index (χ3n) is 3.40. The van der Waals surface area contributed by atoms with Crippen LogP contribution in [0.2, 0.25) is 0 Å². The second-order valence-corrected chi connectivity index (χ2v) is 5.07. The van der Waals surface area contributed by atoms with E-state index in [9.17, 15) is 4.39 Å². The van der Waals surface area contributed by atoms with Gasteiger partial charge in [0.2, 0.25) is 0 Å². The lowest BCUT2D eigenvalue weighted by Gasteiger charge is -2.00. The third-order valence-corrected chi connectivity index (χ3v) is 3.40. The van der Waals surface area contributed by atoms with E-state index in [1.54, 1.807) is 13.0 Å². The van der Waals surface area contributed by atoms with Gasteiger partial charge in [0.05, 0.1) is 12.1 Å². The number of imidazole rings is 1. The number of aromatic nitrogens is 2. The molecule has 110 valence electrons. The number of nitrogens with zero attached hydrogens (tertiary/aromatic N) is 2. The largest absolute Gasteiger partial charge is 0.334 e. The standard InChI is InChI=1S/C18H21FN2/c1-4-6-7-8-9-18-20-17(13-21(18)5-2)15-10-11-16(19)14(3)12-15/h10-13H,4-6,9H2,1-3H3. The van der Waals surface area contributed by atoms with Crippen molar-refractivity contribution in [2.75, 3.05) is 0 Å². The van der Waals surface area contributed by atoms with Crippen LogP contribution in [0.3, 0.4) is 0 Å². The predicted octanol–water partition coefficient (Wildman–Crippen LogP) is 4.36. The number of unbranched alkanes of at least 4 members (excludes halogenated alkanes) is 1. The second kappa shape index (κ2) is 7.08. The molecule has 2 nitrogen and oxygen atoms in total. The van der Waals surface area contributed by atoms with Gasteiger partial charge in [-0.05, 0) is 44.0 Å². The zero-order chi connectivity index (χ0) is 15.2. The van der Waals surface area contributed by atoms with Crippen molar-refractivity contribution in [1.29, 1.82) is 0 Å². The summed E-state index contributed by atoms with van der Waals surface area (Å²) in [6, 6.07) is 5.11. The predicted molar refractivity (Wildman–Crippen MR) is 84.4 cm³/mol. The van der Waals surface area contributed by atoms with Crippen LogP contribution in [-0.4, -0.2) is 9.55 Å². The number of halogens is 1. The van der Waals surface area contributed by atoms with Gasteiger partial charge in [-0.1, -0.05) is 12.8 Å². The minimum atomic E-state index is -0.181. The molecular formula is C18H21FN2. The van der Waals surface area contributed by atoms with Gasteiger partial charge in [-0.15, -0.1) is 5.92 Å². The number of benzene rings is 1. The SMILES string of the molecule is CCCC#CCc1nc(-c2ccc(F)c(C)c2)cn1CC. The maximum absolute atomic E-state index is 13.4. The highest BCUT2D eigenvalue weighted by Gasteiger charge is 2.09. The van der Waals surface area contributed by atoms with Gasteiger partial charge in [-0.2, -0.15) is 0 Å². The summed E-state index contributed by atoms with van der Waals surface area (Å²) in [7, 11) is 0. The number of aryl methyl sites for hydroxylation is 2. The summed E-state index contributed by atoms with van der Waals surface area (Å²) in [5, 5.41) is 0. The molecule has 0 fully saturated rings. The van der Waals surface area contributed by atoms with Gasteiger partial charge in [0.1, 0.15) is 11.6 Å². The van der Waals surface area contributed by atoms with E-state index in [4.69, 9.17) is 0 Å². The Kier molecular flexibility index (Phi) is 5.16. The lowest BCUT2D eigenvalue weighted by atomic mass is 10.1. The zero-order valence-electron chi connectivity index (χ0n) is 12.9. The van der Waals surface area contributed by atoms with Crippen molar-refractivity contribution in [3.63, 3.8) is 0 Å². The van der Waals surface area contributed by atoms with Crippen molar-refractivity contribution in [2.24, 2.45) is 0 Å². The summed E-state index contributed by atoms with van der Waals surface area (Å²) in [4.78, 5) is 4.66. The van der Waals surface area contributed by atoms with Crippen molar-refractivity contribution < 1.29 is 4.39 Å². The number of hydrogen-bond acceptors (Lipinski definition) is 1. The zero-order valence-corrected chi connectivity index (χ0v) is 12.9. The van der Waals surface area contributed by atoms with Crippen LogP contribution in [0, 0.1) is 24.6 Å². The molecule has 3 heteroatoms. The van der Waals surface area contributed by atoms with Crippen molar-refractivity contribution in [3.05, 3.63) is 41.6 Å². The molecule has 2 aromatic rings. The molecular weight excluding hydrogens is 263 g/mol. The van der Waals surface area contributed by atoms with Crippen LogP contribution in [0.4, 0.5) is 4.39 Å². The maximum Gasteiger partial charge on any atom is 0.126 e. The molecule has 0 amide bonds. The highest BCUT2D eigenvalue weighted by Crippen LogP contribution is 2.21. The number of hydrogen-bond donors (Lipinski definition) is 0. The molecule has 1 aromatic carbocycles. The van der Waals surface area contributed by atoms with Crippen LogP contribution in [0.5, 0.6) is 0 Å². The lowest BCUT2D eigenvalue weighted by Crippen LogP contribution is -1.99. The highest BCUT2D eigenvalue weighted by molar-refractivity contribution is 5.59. The van der Waals surface area contributed by atoms with E-state index >= 15 is 0 Å². The summed E-state index contributed by atoms with van der Waals surface area (Å²) < 4.78 is 15.5. The fourth-order valence-corrected chi connectivity index (χ4v) is 2.17. The van der Waals surface area contributed by atoms with E-state index in [0.717, 1.165) is 36.5 Å². The average Bonchev–Trinajstić information content (AvgIpc) is 2.90. The number of rotatable bonds is 4. The van der Waals surface area contributed by atoms with E-state index in [1.807, 2.05) is 12.3 Å². The molecule has 1 aromatic heterocycles. The maximum atomic E-state index is 13.4. The Morgan fingerprint density at radius 1 is 1.24 bits per heavy atom. The molecule has 0 unspecified atom stereocenters. The lowest BCUT2D eigenvalue weighted by molar-refractivity contribution is 0.619. The van der Waals surface area contributed by atoms with Crippen molar-refractivity contribution in [2.45, 2.75) is 46.6 Å². The summed E-state index contributed by atoms with van der Waals surface area (Å²) >= 11 is 0. The molecule has 0 saturated heterocycles. The van der Waals surface area contributed by atoms with Crippen molar-refractivity contribution in [3.8, 4) is 23.1 Å². The van der Waals surface area contributed by atoms with E-state index in [-0.39, 0.29) is 5.82 Å². The Balaban J connectivity index is 2.27. The first-order chi connectivity index (χ1) is 10.2. The van der Waals surface area contributed by atoms with Gasteiger partial charge < -0.3 is 4.57 Å². The molecule has 0 aliphatic heterocycles. The first kappa shape index (κ1) is 15.3. The van der Waals surface area contributed by atoms with Gasteiger partial charge in [0, 0.05) is 24.7 Å². The summed E-state index contributed by atoms with van der Waals surface area (Å²) in [5.74, 6) is 7.11. The molecule has 1 heterocycles. The first-order valence-electron chi connectivity index (χ1n) is 7.44. The van der Waals surface area contributed by atoms with Gasteiger partial charge in [-0.25, -0.2) is 9.37 Å². The molecule has 21 heavy (non-hydrogen) atoms. The molecule has 0 bridgehead atoms. The van der Waals surface area contributed by atoms with E-state index in [2.05, 4.69) is 35.2 Å². The van der Waals surface area contributed by atoms with Crippen molar-refractivity contribution >= 4 is 0 Å². The Hall–Kier alpha value is -2.08. The molecule has 0 aliphatic carbocycles. The Labute approximate surface area is 126 Å². The topological polar surface area (TPSA) is 17.8 Å². The van der Waals surface area contributed by atoms with Crippen LogP contribution in [0.25, 0.3) is 11.3 Å². The quantitative estimate of drug-likeness (QED) is 0.763. The minimum Gasteiger partial charge on any atom is -0.334 e. The van der Waals surface area contributed by atoms with Crippen LogP contribution in [0.1, 0.15) is 38.1 Å². The molecule has 0 N–H and O–H groups in total. The fraction of sp³-hybridized carbons (Fsp3) is 0.389. The van der Waals surface area contributed by atoms with Gasteiger partial charge in [0.15, 0.2) is 0 Å². The highest BCUT2D eigenvalue weighted by atomic mass is 19.1. The van der Waals surface area contributed by atoms with Crippen LogP contribution < -0.4 is 0 Å². The van der Waals surface area contributed by atoms with Gasteiger partial charge in [-0.3, -0.25) is 0 Å². The van der Waals surface area contributed by atoms with E-state index in [1.165, 1.54) is 6.07 Å². The first-order valence-corrected chi connectivity index (χ1v) is 7.44. The van der Waals surface area contributed by atoms with Crippen molar-refractivity contribution in [1.82, 2.24) is 9.55 Å². The van der Waals surface area contributed by atoms with Crippen LogP contribution >= 0.6 is 0 Å². The Morgan fingerprint density at radius 3 is 2.71 bits per heavy atom. The normalized spacial score (nSPS) is 10.3. The van der Waals surface area contributed by atoms with Gasteiger partial charge >= 0.3 is 0 Å². The average molecular weight is 284 g/mol. The molecule has 0 aliphatic rings. The molecule has 0 radical (unpaired) electrons. The minimum absolute atomic E-state index is 0.181. The Morgan fingerprint density at radius 2 is 2.05 bits per heavy atom. The Bertz CT molecular complexity index is 674. The molecule has 2 rings (SSSR count). The molecule has 0 atom stereocenters. The monoisotopic (exact) mass is 284 g/mol. The van der Waals surface area contributed by atoms with Crippen LogP contribution in [0.15, 0.2) is 24.4 Å². The van der Waals surface area contributed by atoms with E-state index < -0.39 is 0 Å². The molecule has 0 saturated carbocycles. The van der Waals surface area contributed by atoms with Crippen LogP contribution in [-0.2, 0) is 13.0 Å². The van der Waals surface area contributed by atoms with Gasteiger partial charge in [0.25, 0.3) is 0 Å². The van der Waals surface area contributed by atoms with E-state index in [0.29, 0.717) is 12.0 Å².